The highest BCUT2D eigenvalue weighted by molar-refractivity contribution is 5.79. The fraction of sp³-hybridized carbons (Fsp3) is 0.412. The van der Waals surface area contributed by atoms with Crippen molar-refractivity contribution in [3.63, 3.8) is 0 Å². The smallest absolute Gasteiger partial charge is 0.218 e. The molecule has 0 saturated heterocycles. The van der Waals surface area contributed by atoms with Crippen molar-refractivity contribution in [1.82, 2.24) is 15.6 Å². The molecule has 0 bridgehead atoms. The van der Waals surface area contributed by atoms with Gasteiger partial charge in [-0.2, -0.15) is 0 Å². The first kappa shape index (κ1) is 17.8. The maximum Gasteiger partial charge on any atom is 0.218 e. The lowest BCUT2D eigenvalue weighted by molar-refractivity contribution is 0.143. The van der Waals surface area contributed by atoms with Crippen molar-refractivity contribution in [1.29, 1.82) is 0 Å². The normalized spacial score (nSPS) is 11.3. The molecular weight excluding hydrogens is 308 g/mol. The van der Waals surface area contributed by atoms with Crippen molar-refractivity contribution < 1.29 is 13.9 Å². The quantitative estimate of drug-likeness (QED) is 0.415. The number of pyridine rings is 1. The summed E-state index contributed by atoms with van der Waals surface area (Å²) in [6.45, 7) is 4.81. The van der Waals surface area contributed by atoms with Crippen LogP contribution in [0.4, 0.5) is 0 Å². The summed E-state index contributed by atoms with van der Waals surface area (Å²) < 4.78 is 15.9. The Morgan fingerprint density at radius 3 is 2.92 bits per heavy atom. The Labute approximate surface area is 142 Å². The first-order valence-corrected chi connectivity index (χ1v) is 7.93. The minimum Gasteiger partial charge on any atom is -0.475 e. The van der Waals surface area contributed by atoms with E-state index in [4.69, 9.17) is 13.9 Å². The third-order valence-electron chi connectivity index (χ3n) is 3.14. The first-order chi connectivity index (χ1) is 11.8. The third kappa shape index (κ3) is 5.92. The van der Waals surface area contributed by atoms with E-state index in [-0.39, 0.29) is 0 Å². The van der Waals surface area contributed by atoms with Crippen molar-refractivity contribution in [3.8, 4) is 5.88 Å². The molecule has 0 atom stereocenters. The van der Waals surface area contributed by atoms with Gasteiger partial charge in [0.2, 0.25) is 5.88 Å². The largest absolute Gasteiger partial charge is 0.475 e. The van der Waals surface area contributed by atoms with Gasteiger partial charge >= 0.3 is 0 Å². The fourth-order valence-corrected chi connectivity index (χ4v) is 1.99. The number of aliphatic imine (C=N–C) groups is 1. The Hall–Kier alpha value is -2.54. The molecular formula is C17H24N4O3. The summed E-state index contributed by atoms with van der Waals surface area (Å²) in [5.74, 6) is 2.14. The van der Waals surface area contributed by atoms with E-state index in [1.165, 1.54) is 0 Å². The molecule has 0 spiro atoms. The monoisotopic (exact) mass is 332 g/mol. The number of aromatic nitrogens is 1. The molecule has 0 radical (unpaired) electrons. The first-order valence-electron chi connectivity index (χ1n) is 7.93. The van der Waals surface area contributed by atoms with Crippen LogP contribution in [0.2, 0.25) is 0 Å². The van der Waals surface area contributed by atoms with E-state index in [2.05, 4.69) is 20.6 Å². The van der Waals surface area contributed by atoms with E-state index in [0.29, 0.717) is 38.1 Å². The summed E-state index contributed by atoms with van der Waals surface area (Å²) in [6.07, 6.45) is 3.36. The van der Waals surface area contributed by atoms with Crippen LogP contribution in [0, 0.1) is 0 Å². The van der Waals surface area contributed by atoms with Gasteiger partial charge in [-0.05, 0) is 25.1 Å². The predicted molar refractivity (Wildman–Crippen MR) is 92.0 cm³/mol. The van der Waals surface area contributed by atoms with Crippen LogP contribution in [0.15, 0.2) is 46.1 Å². The molecule has 0 aliphatic carbocycles. The number of rotatable bonds is 9. The van der Waals surface area contributed by atoms with E-state index in [0.717, 1.165) is 17.9 Å². The van der Waals surface area contributed by atoms with Crippen molar-refractivity contribution in [2.24, 2.45) is 4.99 Å². The Morgan fingerprint density at radius 1 is 1.25 bits per heavy atom. The molecule has 7 nitrogen and oxygen atoms in total. The van der Waals surface area contributed by atoms with Gasteiger partial charge in [-0.1, -0.05) is 6.07 Å². The number of ether oxygens (including phenoxy) is 2. The molecule has 7 heteroatoms. The molecule has 2 N–H and O–H groups in total. The van der Waals surface area contributed by atoms with Gasteiger partial charge in [0.25, 0.3) is 0 Å². The highest BCUT2D eigenvalue weighted by Crippen LogP contribution is 2.15. The van der Waals surface area contributed by atoms with Crippen LogP contribution in [0.25, 0.3) is 0 Å². The van der Waals surface area contributed by atoms with E-state index in [1.54, 1.807) is 19.6 Å². The van der Waals surface area contributed by atoms with E-state index in [1.807, 2.05) is 31.2 Å². The molecule has 0 saturated carbocycles. The van der Waals surface area contributed by atoms with E-state index < -0.39 is 0 Å². The van der Waals surface area contributed by atoms with Crippen molar-refractivity contribution in [2.75, 3.05) is 26.9 Å². The standard InChI is InChI=1S/C17H24N4O3/c1-3-18-17(21-13-15-7-5-9-23-15)20-12-14-6-4-8-19-16(14)24-11-10-22-2/h4-9H,3,10-13H2,1-2H3,(H2,18,20,21). The molecule has 2 aromatic heterocycles. The van der Waals surface area contributed by atoms with Gasteiger partial charge in [-0.15, -0.1) is 0 Å². The lowest BCUT2D eigenvalue weighted by Crippen LogP contribution is -2.36. The molecule has 130 valence electrons. The Morgan fingerprint density at radius 2 is 2.17 bits per heavy atom. The number of guanidine groups is 1. The van der Waals surface area contributed by atoms with Gasteiger partial charge in [0.15, 0.2) is 5.96 Å². The number of nitrogens with one attached hydrogen (secondary N) is 2. The molecule has 2 aromatic rings. The number of furan rings is 1. The summed E-state index contributed by atoms with van der Waals surface area (Å²) in [5.41, 5.74) is 0.920. The zero-order chi connectivity index (χ0) is 17.0. The zero-order valence-corrected chi connectivity index (χ0v) is 14.1. The van der Waals surface area contributed by atoms with Gasteiger partial charge in [-0.3, -0.25) is 0 Å². The summed E-state index contributed by atoms with van der Waals surface area (Å²) in [4.78, 5) is 8.83. The maximum absolute atomic E-state index is 5.63. The SMILES string of the molecule is CCNC(=NCc1cccnc1OCCOC)NCc1ccco1. The Balaban J connectivity index is 1.97. The predicted octanol–water partition coefficient (Wildman–Crippen LogP) is 1.96. The minimum atomic E-state index is 0.459. The summed E-state index contributed by atoms with van der Waals surface area (Å²) in [6, 6.07) is 7.60. The molecule has 0 unspecified atom stereocenters. The number of methoxy groups -OCH3 is 1. The van der Waals surface area contributed by atoms with Crippen molar-refractivity contribution >= 4 is 5.96 Å². The molecule has 0 fully saturated rings. The molecule has 2 heterocycles. The van der Waals surface area contributed by atoms with E-state index in [9.17, 15) is 0 Å². The fourth-order valence-electron chi connectivity index (χ4n) is 1.99. The van der Waals surface area contributed by atoms with Gasteiger partial charge in [0.1, 0.15) is 12.4 Å². The molecule has 0 amide bonds. The van der Waals surface area contributed by atoms with Crippen LogP contribution in [0.1, 0.15) is 18.2 Å². The second-order valence-corrected chi connectivity index (χ2v) is 4.94. The maximum atomic E-state index is 5.63. The van der Waals surface area contributed by atoms with Gasteiger partial charge in [0.05, 0.1) is 26.0 Å². The van der Waals surface area contributed by atoms with Crippen molar-refractivity contribution in [3.05, 3.63) is 48.0 Å². The van der Waals surface area contributed by atoms with Crippen LogP contribution in [0.5, 0.6) is 5.88 Å². The molecule has 0 aliphatic heterocycles. The molecule has 24 heavy (non-hydrogen) atoms. The Bertz CT molecular complexity index is 614. The topological polar surface area (TPSA) is 80.9 Å². The van der Waals surface area contributed by atoms with Crippen LogP contribution in [0.3, 0.4) is 0 Å². The highest BCUT2D eigenvalue weighted by atomic mass is 16.5. The number of hydrogen-bond donors (Lipinski definition) is 2. The summed E-state index contributed by atoms with van der Waals surface area (Å²) in [7, 11) is 1.64. The van der Waals surface area contributed by atoms with Crippen LogP contribution in [-0.2, 0) is 17.8 Å². The Kier molecular flexibility index (Phi) is 7.62. The number of hydrogen-bond acceptors (Lipinski definition) is 5. The minimum absolute atomic E-state index is 0.459. The van der Waals surface area contributed by atoms with Gasteiger partial charge in [0, 0.05) is 25.4 Å². The third-order valence-corrected chi connectivity index (χ3v) is 3.14. The van der Waals surface area contributed by atoms with E-state index >= 15 is 0 Å². The van der Waals surface area contributed by atoms with Crippen LogP contribution in [-0.4, -0.2) is 37.8 Å². The lowest BCUT2D eigenvalue weighted by atomic mass is 10.3. The zero-order valence-electron chi connectivity index (χ0n) is 14.1. The second-order valence-electron chi connectivity index (χ2n) is 4.94. The average molecular weight is 332 g/mol. The number of nitrogens with zero attached hydrogens (tertiary/aromatic N) is 2. The summed E-state index contributed by atoms with van der Waals surface area (Å²) in [5, 5.41) is 6.43. The highest BCUT2D eigenvalue weighted by Gasteiger charge is 2.05. The van der Waals surface area contributed by atoms with Crippen molar-refractivity contribution in [2.45, 2.75) is 20.0 Å². The molecule has 2 rings (SSSR count). The van der Waals surface area contributed by atoms with Crippen LogP contribution >= 0.6 is 0 Å². The second kappa shape index (κ2) is 10.3. The van der Waals surface area contributed by atoms with Crippen LogP contribution < -0.4 is 15.4 Å². The molecule has 0 aliphatic rings. The van der Waals surface area contributed by atoms with Gasteiger partial charge < -0.3 is 24.5 Å². The summed E-state index contributed by atoms with van der Waals surface area (Å²) >= 11 is 0. The average Bonchev–Trinajstić information content (AvgIpc) is 3.12. The van der Waals surface area contributed by atoms with Gasteiger partial charge in [-0.25, -0.2) is 9.98 Å². The lowest BCUT2D eigenvalue weighted by Gasteiger charge is -2.11. The molecule has 0 aromatic carbocycles.